The van der Waals surface area contributed by atoms with Gasteiger partial charge in [0.2, 0.25) is 0 Å². The van der Waals surface area contributed by atoms with Gasteiger partial charge in [0.1, 0.15) is 36.4 Å². The van der Waals surface area contributed by atoms with E-state index in [2.05, 4.69) is 23.5 Å². The summed E-state index contributed by atoms with van der Waals surface area (Å²) in [7, 11) is 0. The molecular formula is C32H27ClN2O3. The molecule has 38 heavy (non-hydrogen) atoms. The van der Waals surface area contributed by atoms with E-state index >= 15 is 0 Å². The molecule has 1 N–H and O–H groups in total. The number of nitrogens with zero attached hydrogens (tertiary/aromatic N) is 1. The Balaban J connectivity index is 1.36. The van der Waals surface area contributed by atoms with Crippen molar-refractivity contribution in [3.05, 3.63) is 129 Å². The molecule has 4 rings (SSSR count). The van der Waals surface area contributed by atoms with E-state index in [4.69, 9.17) is 21.1 Å². The van der Waals surface area contributed by atoms with Crippen molar-refractivity contribution < 1.29 is 14.3 Å². The number of nitriles is 1. The van der Waals surface area contributed by atoms with Crippen LogP contribution >= 0.6 is 11.6 Å². The third-order valence-corrected chi connectivity index (χ3v) is 5.96. The number of carbonyl (C=O) groups is 1. The third-order valence-electron chi connectivity index (χ3n) is 5.67. The molecule has 5 nitrogen and oxygen atoms in total. The van der Waals surface area contributed by atoms with Gasteiger partial charge in [0.15, 0.2) is 0 Å². The number of benzene rings is 4. The van der Waals surface area contributed by atoms with Crippen molar-refractivity contribution in [2.24, 2.45) is 0 Å². The number of halogens is 1. The summed E-state index contributed by atoms with van der Waals surface area (Å²) in [6.45, 7) is 4.93. The second kappa shape index (κ2) is 12.6. The minimum Gasteiger partial charge on any atom is -0.489 e. The number of hydrogen-bond donors (Lipinski definition) is 1. The SMILES string of the molecule is Cc1cc(C)cc(COc2ccc(/C=C(\C#N)C(=O)Nc3ccc(OCc4ccccc4)cc3)cc2Cl)c1. The molecule has 0 unspecified atom stereocenters. The fraction of sp³-hybridized carbons (Fsp3) is 0.125. The van der Waals surface area contributed by atoms with Crippen molar-refractivity contribution in [1.82, 2.24) is 0 Å². The third kappa shape index (κ3) is 7.49. The van der Waals surface area contributed by atoms with Gasteiger partial charge in [-0.2, -0.15) is 5.26 Å². The number of carbonyl (C=O) groups excluding carboxylic acids is 1. The summed E-state index contributed by atoms with van der Waals surface area (Å²) < 4.78 is 11.7. The highest BCUT2D eigenvalue weighted by molar-refractivity contribution is 6.32. The number of hydrogen-bond acceptors (Lipinski definition) is 4. The molecule has 190 valence electrons. The summed E-state index contributed by atoms with van der Waals surface area (Å²) in [5.41, 5.74) is 5.59. The summed E-state index contributed by atoms with van der Waals surface area (Å²) in [6.07, 6.45) is 1.49. The maximum atomic E-state index is 12.7. The van der Waals surface area contributed by atoms with Crippen LogP contribution in [0.5, 0.6) is 11.5 Å². The molecule has 6 heteroatoms. The lowest BCUT2D eigenvalue weighted by molar-refractivity contribution is -0.112. The number of nitrogens with one attached hydrogen (secondary N) is 1. The largest absolute Gasteiger partial charge is 0.489 e. The number of aryl methyl sites for hydroxylation is 2. The van der Waals surface area contributed by atoms with Gasteiger partial charge >= 0.3 is 0 Å². The van der Waals surface area contributed by atoms with Gasteiger partial charge in [0.25, 0.3) is 5.91 Å². The van der Waals surface area contributed by atoms with Crippen molar-refractivity contribution in [1.29, 1.82) is 5.26 Å². The maximum Gasteiger partial charge on any atom is 0.266 e. The molecule has 0 atom stereocenters. The zero-order chi connectivity index (χ0) is 26.9. The molecular weight excluding hydrogens is 496 g/mol. The highest BCUT2D eigenvalue weighted by atomic mass is 35.5. The van der Waals surface area contributed by atoms with Gasteiger partial charge in [0, 0.05) is 5.69 Å². The van der Waals surface area contributed by atoms with Crippen LogP contribution in [0, 0.1) is 25.2 Å². The molecule has 0 radical (unpaired) electrons. The van der Waals surface area contributed by atoms with Gasteiger partial charge in [-0.25, -0.2) is 0 Å². The van der Waals surface area contributed by atoms with Crippen molar-refractivity contribution in [2.45, 2.75) is 27.1 Å². The van der Waals surface area contributed by atoms with Gasteiger partial charge in [-0.3, -0.25) is 4.79 Å². The molecule has 0 aliphatic rings. The van der Waals surface area contributed by atoms with Crippen LogP contribution in [0.2, 0.25) is 5.02 Å². The second-order valence-corrected chi connectivity index (χ2v) is 9.30. The average molecular weight is 523 g/mol. The highest BCUT2D eigenvalue weighted by Crippen LogP contribution is 2.28. The topological polar surface area (TPSA) is 71.3 Å². The molecule has 0 aliphatic carbocycles. The molecule has 0 saturated heterocycles. The van der Waals surface area contributed by atoms with E-state index in [0.717, 1.165) is 11.1 Å². The Hall–Kier alpha value is -4.53. The van der Waals surface area contributed by atoms with Crippen LogP contribution in [0.4, 0.5) is 5.69 Å². The molecule has 0 spiro atoms. The van der Waals surface area contributed by atoms with Gasteiger partial charge in [-0.05, 0) is 73.0 Å². The van der Waals surface area contributed by atoms with E-state index in [0.29, 0.717) is 41.0 Å². The monoisotopic (exact) mass is 522 g/mol. The molecule has 0 aliphatic heterocycles. The molecule has 0 heterocycles. The molecule has 0 fully saturated rings. The van der Waals surface area contributed by atoms with E-state index in [9.17, 15) is 10.1 Å². The Morgan fingerprint density at radius 2 is 1.55 bits per heavy atom. The zero-order valence-corrected chi connectivity index (χ0v) is 22.0. The molecule has 4 aromatic rings. The first-order chi connectivity index (χ1) is 18.4. The lowest BCUT2D eigenvalue weighted by atomic mass is 10.1. The molecule has 1 amide bonds. The quantitative estimate of drug-likeness (QED) is 0.181. The van der Waals surface area contributed by atoms with E-state index in [1.807, 2.05) is 50.2 Å². The van der Waals surface area contributed by atoms with Crippen molar-refractivity contribution in [3.8, 4) is 17.6 Å². The van der Waals surface area contributed by atoms with E-state index in [-0.39, 0.29) is 5.57 Å². The second-order valence-electron chi connectivity index (χ2n) is 8.90. The Morgan fingerprint density at radius 1 is 0.868 bits per heavy atom. The summed E-state index contributed by atoms with van der Waals surface area (Å²) in [5.74, 6) is 0.689. The number of rotatable bonds is 9. The molecule has 0 saturated carbocycles. The number of ether oxygens (including phenoxy) is 2. The van der Waals surface area contributed by atoms with Crippen molar-refractivity contribution in [3.63, 3.8) is 0 Å². The Bertz CT molecular complexity index is 1470. The molecule has 0 aromatic heterocycles. The van der Waals surface area contributed by atoms with Crippen LogP contribution in [0.15, 0.2) is 96.6 Å². The average Bonchev–Trinajstić information content (AvgIpc) is 2.91. The summed E-state index contributed by atoms with van der Waals surface area (Å²) in [4.78, 5) is 12.7. The lowest BCUT2D eigenvalue weighted by Crippen LogP contribution is -2.13. The van der Waals surface area contributed by atoms with Crippen molar-refractivity contribution >= 4 is 29.3 Å². The summed E-state index contributed by atoms with van der Waals surface area (Å²) >= 11 is 6.42. The van der Waals surface area contributed by atoms with Crippen LogP contribution in [-0.2, 0) is 18.0 Å². The van der Waals surface area contributed by atoms with E-state index < -0.39 is 5.91 Å². The predicted molar refractivity (Wildman–Crippen MR) is 151 cm³/mol. The first-order valence-electron chi connectivity index (χ1n) is 12.1. The first kappa shape index (κ1) is 26.5. The Labute approximate surface area is 227 Å². The van der Waals surface area contributed by atoms with Gasteiger partial charge in [-0.15, -0.1) is 0 Å². The zero-order valence-electron chi connectivity index (χ0n) is 21.2. The standard InChI is InChI=1S/C32H27ClN2O3/c1-22-14-23(2)16-26(15-22)21-38-31-13-8-25(18-30(31)33)17-27(19-34)32(36)35-28-9-11-29(12-10-28)37-20-24-6-4-3-5-7-24/h3-18H,20-21H2,1-2H3,(H,35,36)/b27-17+. The van der Waals surface area contributed by atoms with E-state index in [1.54, 1.807) is 42.5 Å². The lowest BCUT2D eigenvalue weighted by Gasteiger charge is -2.10. The summed E-state index contributed by atoms with van der Waals surface area (Å²) in [5, 5.41) is 12.7. The van der Waals surface area contributed by atoms with Gasteiger partial charge in [-0.1, -0.05) is 77.3 Å². The smallest absolute Gasteiger partial charge is 0.266 e. The first-order valence-corrected chi connectivity index (χ1v) is 12.5. The van der Waals surface area contributed by atoms with Gasteiger partial charge in [0.05, 0.1) is 5.02 Å². The normalized spacial score (nSPS) is 10.9. The van der Waals surface area contributed by atoms with Crippen molar-refractivity contribution in [2.75, 3.05) is 5.32 Å². The Morgan fingerprint density at radius 3 is 2.21 bits per heavy atom. The van der Waals surface area contributed by atoms with Crippen LogP contribution in [0.25, 0.3) is 6.08 Å². The highest BCUT2D eigenvalue weighted by Gasteiger charge is 2.11. The Kier molecular flexibility index (Phi) is 8.81. The van der Waals surface area contributed by atoms with Gasteiger partial charge < -0.3 is 14.8 Å². The fourth-order valence-electron chi connectivity index (χ4n) is 3.93. The minimum absolute atomic E-state index is 0.0469. The van der Waals surface area contributed by atoms with Crippen LogP contribution in [0.3, 0.4) is 0 Å². The molecule has 0 bridgehead atoms. The number of anilines is 1. The minimum atomic E-state index is -0.517. The van der Waals surface area contributed by atoms with E-state index in [1.165, 1.54) is 17.2 Å². The van der Waals surface area contributed by atoms with Crippen LogP contribution in [0.1, 0.15) is 27.8 Å². The fourth-order valence-corrected chi connectivity index (χ4v) is 4.17. The maximum absolute atomic E-state index is 12.7. The molecule has 4 aromatic carbocycles. The predicted octanol–water partition coefficient (Wildman–Crippen LogP) is 7.66. The van der Waals surface area contributed by atoms with Crippen LogP contribution in [-0.4, -0.2) is 5.91 Å². The summed E-state index contributed by atoms with van der Waals surface area (Å²) in [6, 6.07) is 30.2. The number of amides is 1. The van der Waals surface area contributed by atoms with Crippen LogP contribution < -0.4 is 14.8 Å².